The van der Waals surface area contributed by atoms with Crippen LogP contribution in [-0.4, -0.2) is 11.1 Å². The Morgan fingerprint density at radius 3 is 2.55 bits per heavy atom. The van der Waals surface area contributed by atoms with Gasteiger partial charge in [-0.05, 0) is 58.4 Å². The Morgan fingerprint density at radius 2 is 2.00 bits per heavy atom. The normalized spacial score (nSPS) is 10.9. The molecule has 0 aliphatic carbocycles. The Morgan fingerprint density at radius 1 is 1.25 bits per heavy atom. The van der Waals surface area contributed by atoms with E-state index in [-0.39, 0.29) is 6.10 Å². The van der Waals surface area contributed by atoms with Gasteiger partial charge in [-0.25, -0.2) is 4.98 Å². The van der Waals surface area contributed by atoms with E-state index in [9.17, 15) is 0 Å². The fourth-order valence-corrected chi connectivity index (χ4v) is 2.97. The number of hydrogen-bond acceptors (Lipinski definition) is 4. The number of aromatic nitrogens is 1. The number of benzene rings is 1. The lowest BCUT2D eigenvalue weighted by atomic mass is 10.2. The van der Waals surface area contributed by atoms with E-state index in [4.69, 9.17) is 4.74 Å². The molecule has 4 heteroatoms. The van der Waals surface area contributed by atoms with Crippen LogP contribution in [-0.2, 0) is 6.54 Å². The molecule has 0 radical (unpaired) electrons. The molecule has 20 heavy (non-hydrogen) atoms. The van der Waals surface area contributed by atoms with Gasteiger partial charge in [0.2, 0.25) is 0 Å². The number of ether oxygens (including phenoxy) is 1. The summed E-state index contributed by atoms with van der Waals surface area (Å²) in [4.78, 5) is 5.75. The van der Waals surface area contributed by atoms with E-state index in [1.165, 1.54) is 10.4 Å². The van der Waals surface area contributed by atoms with Crippen molar-refractivity contribution in [2.45, 2.75) is 47.3 Å². The van der Waals surface area contributed by atoms with E-state index in [1.54, 1.807) is 11.3 Å². The van der Waals surface area contributed by atoms with Crippen molar-refractivity contribution in [3.05, 3.63) is 39.3 Å². The lowest BCUT2D eigenvalue weighted by molar-refractivity contribution is 0.242. The zero-order valence-corrected chi connectivity index (χ0v) is 13.6. The molecule has 0 aliphatic heterocycles. The lowest BCUT2D eigenvalue weighted by Crippen LogP contribution is -2.06. The SMILES string of the molecule is Cc1nc(C)c(CNc2ccc(OC(C)C)cc2C)s1. The minimum absolute atomic E-state index is 0.205. The third-order valence-corrected chi connectivity index (χ3v) is 4.08. The molecule has 2 rings (SSSR count). The van der Waals surface area contributed by atoms with Crippen LogP contribution in [0.15, 0.2) is 18.2 Å². The molecule has 0 bridgehead atoms. The average Bonchev–Trinajstić information content (AvgIpc) is 2.66. The van der Waals surface area contributed by atoms with Gasteiger partial charge in [0.05, 0.1) is 23.4 Å². The smallest absolute Gasteiger partial charge is 0.120 e. The molecule has 0 amide bonds. The summed E-state index contributed by atoms with van der Waals surface area (Å²) in [5, 5.41) is 4.60. The van der Waals surface area contributed by atoms with Gasteiger partial charge in [-0.3, -0.25) is 0 Å². The minimum Gasteiger partial charge on any atom is -0.491 e. The summed E-state index contributed by atoms with van der Waals surface area (Å²) < 4.78 is 5.70. The number of thiazole rings is 1. The average molecular weight is 290 g/mol. The van der Waals surface area contributed by atoms with Crippen LogP contribution in [0.1, 0.15) is 35.0 Å². The molecule has 0 spiro atoms. The van der Waals surface area contributed by atoms with Gasteiger partial charge < -0.3 is 10.1 Å². The van der Waals surface area contributed by atoms with Crippen LogP contribution in [0.25, 0.3) is 0 Å². The van der Waals surface area contributed by atoms with Crippen LogP contribution in [0.5, 0.6) is 5.75 Å². The van der Waals surface area contributed by atoms with E-state index in [2.05, 4.69) is 36.3 Å². The van der Waals surface area contributed by atoms with Gasteiger partial charge in [0.15, 0.2) is 0 Å². The maximum atomic E-state index is 5.70. The molecule has 0 unspecified atom stereocenters. The number of aryl methyl sites for hydroxylation is 3. The Balaban J connectivity index is 2.04. The summed E-state index contributed by atoms with van der Waals surface area (Å²) in [6.45, 7) is 11.1. The van der Waals surface area contributed by atoms with Crippen molar-refractivity contribution in [1.29, 1.82) is 0 Å². The number of nitrogens with zero attached hydrogens (tertiary/aromatic N) is 1. The molecule has 0 saturated heterocycles. The largest absolute Gasteiger partial charge is 0.491 e. The van der Waals surface area contributed by atoms with Crippen LogP contribution < -0.4 is 10.1 Å². The first kappa shape index (κ1) is 14.9. The van der Waals surface area contributed by atoms with Gasteiger partial charge in [-0.2, -0.15) is 0 Å². The molecule has 0 fully saturated rings. The van der Waals surface area contributed by atoms with Crippen LogP contribution in [0.2, 0.25) is 0 Å². The maximum Gasteiger partial charge on any atom is 0.120 e. The molecular formula is C16H22N2OS. The Labute approximate surface area is 125 Å². The van der Waals surface area contributed by atoms with E-state index >= 15 is 0 Å². The fourth-order valence-electron chi connectivity index (χ4n) is 2.09. The zero-order valence-electron chi connectivity index (χ0n) is 12.8. The standard InChI is InChI=1S/C16H22N2OS/c1-10(2)19-14-6-7-15(11(3)8-14)17-9-16-12(4)18-13(5)20-16/h6-8,10,17H,9H2,1-5H3. The quantitative estimate of drug-likeness (QED) is 0.882. The van der Waals surface area contributed by atoms with Gasteiger partial charge in [0.25, 0.3) is 0 Å². The molecule has 108 valence electrons. The summed E-state index contributed by atoms with van der Waals surface area (Å²) in [7, 11) is 0. The highest BCUT2D eigenvalue weighted by Gasteiger charge is 2.06. The third-order valence-electron chi connectivity index (χ3n) is 3.01. The predicted molar refractivity (Wildman–Crippen MR) is 85.9 cm³/mol. The molecule has 0 saturated carbocycles. The minimum atomic E-state index is 0.205. The highest BCUT2D eigenvalue weighted by molar-refractivity contribution is 7.11. The summed E-state index contributed by atoms with van der Waals surface area (Å²) >= 11 is 1.75. The number of nitrogens with one attached hydrogen (secondary N) is 1. The summed E-state index contributed by atoms with van der Waals surface area (Å²) in [5.41, 5.74) is 3.46. The molecule has 1 heterocycles. The zero-order chi connectivity index (χ0) is 14.7. The van der Waals surface area contributed by atoms with E-state index in [0.717, 1.165) is 28.7 Å². The molecule has 1 aromatic carbocycles. The van der Waals surface area contributed by atoms with E-state index < -0.39 is 0 Å². The van der Waals surface area contributed by atoms with Crippen molar-refractivity contribution in [2.24, 2.45) is 0 Å². The van der Waals surface area contributed by atoms with Crippen LogP contribution in [0.3, 0.4) is 0 Å². The first-order chi connectivity index (χ1) is 9.45. The van der Waals surface area contributed by atoms with Gasteiger partial charge in [0.1, 0.15) is 5.75 Å². The summed E-state index contributed by atoms with van der Waals surface area (Å²) in [5.74, 6) is 0.924. The molecular weight excluding hydrogens is 268 g/mol. The van der Waals surface area contributed by atoms with E-state index in [1.807, 2.05) is 26.8 Å². The van der Waals surface area contributed by atoms with Crippen molar-refractivity contribution in [3.63, 3.8) is 0 Å². The Bertz CT molecular complexity index is 590. The highest BCUT2D eigenvalue weighted by atomic mass is 32.1. The van der Waals surface area contributed by atoms with Gasteiger partial charge >= 0.3 is 0 Å². The van der Waals surface area contributed by atoms with Crippen molar-refractivity contribution in [1.82, 2.24) is 4.98 Å². The van der Waals surface area contributed by atoms with Crippen LogP contribution in [0.4, 0.5) is 5.69 Å². The second-order valence-electron chi connectivity index (χ2n) is 5.24. The van der Waals surface area contributed by atoms with Crippen molar-refractivity contribution in [2.75, 3.05) is 5.32 Å². The first-order valence-corrected chi connectivity index (χ1v) is 7.71. The second-order valence-corrected chi connectivity index (χ2v) is 6.53. The van der Waals surface area contributed by atoms with Gasteiger partial charge in [0, 0.05) is 10.6 Å². The molecule has 1 aromatic heterocycles. The molecule has 0 atom stereocenters. The molecule has 1 N–H and O–H groups in total. The number of rotatable bonds is 5. The van der Waals surface area contributed by atoms with Gasteiger partial charge in [-0.1, -0.05) is 0 Å². The first-order valence-electron chi connectivity index (χ1n) is 6.90. The number of anilines is 1. The fraction of sp³-hybridized carbons (Fsp3) is 0.438. The second kappa shape index (κ2) is 6.27. The van der Waals surface area contributed by atoms with Crippen molar-refractivity contribution in [3.8, 4) is 5.75 Å². The topological polar surface area (TPSA) is 34.2 Å². The van der Waals surface area contributed by atoms with Crippen LogP contribution >= 0.6 is 11.3 Å². The van der Waals surface area contributed by atoms with Gasteiger partial charge in [-0.15, -0.1) is 11.3 Å². The van der Waals surface area contributed by atoms with Crippen molar-refractivity contribution < 1.29 is 4.74 Å². The molecule has 0 aliphatic rings. The maximum absolute atomic E-state index is 5.70. The Hall–Kier alpha value is -1.55. The van der Waals surface area contributed by atoms with Crippen LogP contribution in [0, 0.1) is 20.8 Å². The summed E-state index contributed by atoms with van der Waals surface area (Å²) in [6, 6.07) is 6.17. The number of hydrogen-bond donors (Lipinski definition) is 1. The molecule has 2 aromatic rings. The summed E-state index contributed by atoms with van der Waals surface area (Å²) in [6.07, 6.45) is 0.205. The highest BCUT2D eigenvalue weighted by Crippen LogP contribution is 2.24. The predicted octanol–water partition coefficient (Wildman–Crippen LogP) is 4.47. The van der Waals surface area contributed by atoms with E-state index in [0.29, 0.717) is 0 Å². The lowest BCUT2D eigenvalue weighted by Gasteiger charge is -2.13. The Kier molecular flexibility index (Phi) is 4.65. The third kappa shape index (κ3) is 3.73. The monoisotopic (exact) mass is 290 g/mol. The van der Waals surface area contributed by atoms with Crippen molar-refractivity contribution >= 4 is 17.0 Å². The molecule has 3 nitrogen and oxygen atoms in total.